The highest BCUT2D eigenvalue weighted by molar-refractivity contribution is 6.01. The highest BCUT2D eigenvalue weighted by atomic mass is 16.6. The highest BCUT2D eigenvalue weighted by Gasteiger charge is 2.40. The van der Waals surface area contributed by atoms with E-state index in [1.165, 1.54) is 13.5 Å². The molecule has 29 heavy (non-hydrogen) atoms. The van der Waals surface area contributed by atoms with Crippen LogP contribution in [-0.4, -0.2) is 37.1 Å². The van der Waals surface area contributed by atoms with Crippen LogP contribution in [0.25, 0.3) is 0 Å². The van der Waals surface area contributed by atoms with Crippen LogP contribution in [0.5, 0.6) is 0 Å². The minimum Gasteiger partial charge on any atom is -0.466 e. The number of carbonyl (C=O) groups is 3. The zero-order valence-electron chi connectivity index (χ0n) is 18.4. The van der Waals surface area contributed by atoms with Crippen molar-refractivity contribution < 1.29 is 23.9 Å². The third kappa shape index (κ3) is 5.84. The van der Waals surface area contributed by atoms with Crippen LogP contribution in [0.4, 0.5) is 0 Å². The molecule has 7 heteroatoms. The Morgan fingerprint density at radius 1 is 1.03 bits per heavy atom. The predicted octanol–water partition coefficient (Wildman–Crippen LogP) is 2.97. The number of methoxy groups -OCH3 is 1. The molecule has 0 saturated heterocycles. The Bertz CT molecular complexity index is 724. The van der Waals surface area contributed by atoms with E-state index in [1.54, 1.807) is 20.8 Å². The molecule has 1 fully saturated rings. The lowest BCUT2D eigenvalue weighted by molar-refractivity contribution is -0.154. The summed E-state index contributed by atoms with van der Waals surface area (Å²) in [6.45, 7) is 8.77. The summed E-state index contributed by atoms with van der Waals surface area (Å²) in [6, 6.07) is 0. The van der Waals surface area contributed by atoms with Crippen LogP contribution in [0, 0.1) is 11.8 Å². The van der Waals surface area contributed by atoms with Gasteiger partial charge in [0.15, 0.2) is 0 Å². The summed E-state index contributed by atoms with van der Waals surface area (Å²) in [5.41, 5.74) is 1.81. The lowest BCUT2D eigenvalue weighted by Gasteiger charge is -2.37. The number of ether oxygens (including phenoxy) is 2. The number of esters is 2. The normalized spacial score (nSPS) is 20.8. The first-order chi connectivity index (χ1) is 13.5. The van der Waals surface area contributed by atoms with Gasteiger partial charge in [-0.1, -0.05) is 19.3 Å². The molecular formula is C22H34N2O5. The Hall–Kier alpha value is -2.31. The fraction of sp³-hybridized carbons (Fsp3) is 0.682. The van der Waals surface area contributed by atoms with Gasteiger partial charge in [-0.25, -0.2) is 4.79 Å². The number of amides is 1. The molecule has 2 rings (SSSR count). The van der Waals surface area contributed by atoms with Crippen molar-refractivity contribution in [2.75, 3.05) is 13.7 Å². The van der Waals surface area contributed by atoms with Gasteiger partial charge in [0.2, 0.25) is 5.91 Å². The number of nitrogens with one attached hydrogen (secondary N) is 2. The van der Waals surface area contributed by atoms with E-state index in [0.717, 1.165) is 25.7 Å². The minimum absolute atomic E-state index is 0.187. The summed E-state index contributed by atoms with van der Waals surface area (Å²) in [6.07, 6.45) is 5.23. The van der Waals surface area contributed by atoms with Gasteiger partial charge in [-0.15, -0.1) is 0 Å². The van der Waals surface area contributed by atoms with Gasteiger partial charge in [0.05, 0.1) is 12.7 Å². The minimum atomic E-state index is -0.619. The van der Waals surface area contributed by atoms with Crippen molar-refractivity contribution in [2.24, 2.45) is 11.8 Å². The molecule has 0 spiro atoms. The predicted molar refractivity (Wildman–Crippen MR) is 109 cm³/mol. The molecule has 2 N–H and O–H groups in total. The van der Waals surface area contributed by atoms with E-state index in [2.05, 4.69) is 10.6 Å². The van der Waals surface area contributed by atoms with Crippen molar-refractivity contribution in [2.45, 2.75) is 72.3 Å². The molecule has 7 nitrogen and oxygen atoms in total. The summed E-state index contributed by atoms with van der Waals surface area (Å²) in [5, 5.41) is 5.83. The quantitative estimate of drug-likeness (QED) is 0.682. The number of rotatable bonds is 5. The van der Waals surface area contributed by atoms with Crippen molar-refractivity contribution in [3.8, 4) is 0 Å². The van der Waals surface area contributed by atoms with Crippen LogP contribution in [0.3, 0.4) is 0 Å². The monoisotopic (exact) mass is 406 g/mol. The van der Waals surface area contributed by atoms with Gasteiger partial charge >= 0.3 is 11.9 Å². The molecule has 0 aromatic rings. The van der Waals surface area contributed by atoms with Gasteiger partial charge < -0.3 is 20.1 Å². The molecule has 0 aromatic heterocycles. The van der Waals surface area contributed by atoms with E-state index in [-0.39, 0.29) is 24.3 Å². The maximum absolute atomic E-state index is 13.1. The maximum atomic E-state index is 13.1. The average molecular weight is 407 g/mol. The zero-order valence-corrected chi connectivity index (χ0v) is 18.4. The molecule has 1 atom stereocenters. The number of hydrogen-bond acceptors (Lipinski definition) is 6. The molecule has 0 bridgehead atoms. The summed E-state index contributed by atoms with van der Waals surface area (Å²) in [7, 11) is 1.36. The van der Waals surface area contributed by atoms with Crippen LogP contribution in [0.15, 0.2) is 22.5 Å². The highest BCUT2D eigenvalue weighted by Crippen LogP contribution is 2.42. The zero-order chi connectivity index (χ0) is 21.8. The Morgan fingerprint density at radius 3 is 2.17 bits per heavy atom. The maximum Gasteiger partial charge on any atom is 0.336 e. The standard InChI is InChI=1S/C22H34N2O5/c1-13-17(20(26)23-12-16(25)29-22(3,4)5)19(15-10-8-7-9-11-15)18(14(2)24-13)21(27)28-6/h15,19,24H,7-12H2,1-6H3,(H,23,26). The molecule has 0 aromatic carbocycles. The Labute approximate surface area is 173 Å². The molecule has 0 radical (unpaired) electrons. The fourth-order valence-electron chi connectivity index (χ4n) is 4.29. The second-order valence-corrected chi connectivity index (χ2v) is 8.84. The number of dihydropyridines is 1. The smallest absolute Gasteiger partial charge is 0.336 e. The molecule has 1 aliphatic heterocycles. The van der Waals surface area contributed by atoms with E-state index < -0.39 is 17.5 Å². The lowest BCUT2D eigenvalue weighted by Crippen LogP contribution is -2.42. The Balaban J connectivity index is 2.28. The van der Waals surface area contributed by atoms with Gasteiger partial charge in [-0.2, -0.15) is 0 Å². The third-order valence-electron chi connectivity index (χ3n) is 5.39. The van der Waals surface area contributed by atoms with E-state index in [4.69, 9.17) is 9.47 Å². The van der Waals surface area contributed by atoms with Gasteiger partial charge in [-0.3, -0.25) is 9.59 Å². The van der Waals surface area contributed by atoms with Crippen molar-refractivity contribution in [3.05, 3.63) is 22.5 Å². The molecule has 1 aliphatic carbocycles. The summed E-state index contributed by atoms with van der Waals surface area (Å²) in [4.78, 5) is 37.7. The Kier molecular flexibility index (Phi) is 7.49. The molecular weight excluding hydrogens is 372 g/mol. The molecule has 2 aliphatic rings. The molecule has 1 amide bonds. The SMILES string of the molecule is COC(=O)C1=C(C)NC(C)=C(C(=O)NCC(=O)OC(C)(C)C)C1C1CCCCC1. The second kappa shape index (κ2) is 9.46. The van der Waals surface area contributed by atoms with Crippen molar-refractivity contribution in [3.63, 3.8) is 0 Å². The molecule has 1 heterocycles. The van der Waals surface area contributed by atoms with Crippen LogP contribution in [0.1, 0.15) is 66.7 Å². The first-order valence-corrected chi connectivity index (χ1v) is 10.3. The van der Waals surface area contributed by atoms with Crippen LogP contribution in [0.2, 0.25) is 0 Å². The average Bonchev–Trinajstić information content (AvgIpc) is 2.64. The number of carbonyl (C=O) groups excluding carboxylic acids is 3. The Morgan fingerprint density at radius 2 is 1.62 bits per heavy atom. The largest absolute Gasteiger partial charge is 0.466 e. The first kappa shape index (κ1) is 23.0. The van der Waals surface area contributed by atoms with Crippen LogP contribution in [-0.2, 0) is 23.9 Å². The van der Waals surface area contributed by atoms with Gasteiger partial charge in [0.25, 0.3) is 0 Å². The van der Waals surface area contributed by atoms with E-state index in [1.807, 2.05) is 13.8 Å². The van der Waals surface area contributed by atoms with Crippen molar-refractivity contribution in [1.82, 2.24) is 10.6 Å². The van der Waals surface area contributed by atoms with Crippen LogP contribution < -0.4 is 10.6 Å². The molecule has 162 valence electrons. The van der Waals surface area contributed by atoms with Crippen molar-refractivity contribution >= 4 is 17.8 Å². The number of hydrogen-bond donors (Lipinski definition) is 2. The summed E-state index contributed by atoms with van der Waals surface area (Å²) < 4.78 is 10.3. The van der Waals surface area contributed by atoms with Crippen LogP contribution >= 0.6 is 0 Å². The molecule has 1 saturated carbocycles. The summed E-state index contributed by atoms with van der Waals surface area (Å²) in [5.74, 6) is -1.43. The lowest BCUT2D eigenvalue weighted by atomic mass is 9.70. The third-order valence-corrected chi connectivity index (χ3v) is 5.39. The fourth-order valence-corrected chi connectivity index (χ4v) is 4.29. The van der Waals surface area contributed by atoms with Gasteiger partial charge in [0.1, 0.15) is 12.1 Å². The molecule has 1 unspecified atom stereocenters. The van der Waals surface area contributed by atoms with E-state index in [9.17, 15) is 14.4 Å². The first-order valence-electron chi connectivity index (χ1n) is 10.3. The second-order valence-electron chi connectivity index (χ2n) is 8.84. The van der Waals surface area contributed by atoms with Gasteiger partial charge in [0, 0.05) is 22.9 Å². The number of allylic oxidation sites excluding steroid dienone is 2. The van der Waals surface area contributed by atoms with E-state index in [0.29, 0.717) is 22.5 Å². The van der Waals surface area contributed by atoms with Crippen molar-refractivity contribution in [1.29, 1.82) is 0 Å². The summed E-state index contributed by atoms with van der Waals surface area (Å²) >= 11 is 0. The van der Waals surface area contributed by atoms with Gasteiger partial charge in [-0.05, 0) is 53.4 Å². The topological polar surface area (TPSA) is 93.7 Å². The van der Waals surface area contributed by atoms with E-state index >= 15 is 0 Å².